The van der Waals surface area contributed by atoms with Crippen molar-refractivity contribution in [1.29, 1.82) is 0 Å². The predicted molar refractivity (Wildman–Crippen MR) is 73.1 cm³/mol. The van der Waals surface area contributed by atoms with E-state index in [2.05, 4.69) is 12.2 Å². The molecule has 0 spiro atoms. The molecule has 1 aromatic carbocycles. The molecule has 1 aromatic rings. The van der Waals surface area contributed by atoms with Crippen LogP contribution in [-0.2, 0) is 0 Å². The van der Waals surface area contributed by atoms with Crippen molar-refractivity contribution in [1.82, 2.24) is 0 Å². The number of nitrogens with one attached hydrogen (secondary N) is 1. The Hall–Kier alpha value is -1.51. The van der Waals surface area contributed by atoms with Crippen molar-refractivity contribution in [2.75, 3.05) is 5.32 Å². The molecule has 1 fully saturated rings. The second-order valence-corrected chi connectivity index (χ2v) is 5.25. The molecule has 0 aromatic heterocycles. The van der Waals surface area contributed by atoms with E-state index in [1.54, 1.807) is 18.2 Å². The van der Waals surface area contributed by atoms with E-state index >= 15 is 0 Å². The SMILES string of the molecule is CC1CCCCCC1Nc1cccc(C(=O)O)c1. The van der Waals surface area contributed by atoms with Gasteiger partial charge in [-0.3, -0.25) is 0 Å². The third-order valence-electron chi connectivity index (χ3n) is 3.82. The molecule has 2 rings (SSSR count). The molecule has 1 aliphatic carbocycles. The fraction of sp³-hybridized carbons (Fsp3) is 0.533. The highest BCUT2D eigenvalue weighted by atomic mass is 16.4. The topological polar surface area (TPSA) is 49.3 Å². The zero-order valence-electron chi connectivity index (χ0n) is 10.9. The predicted octanol–water partition coefficient (Wildman–Crippen LogP) is 3.77. The van der Waals surface area contributed by atoms with Crippen molar-refractivity contribution in [3.05, 3.63) is 29.8 Å². The summed E-state index contributed by atoms with van der Waals surface area (Å²) in [6.45, 7) is 2.28. The van der Waals surface area contributed by atoms with Gasteiger partial charge in [-0.05, 0) is 37.0 Å². The Balaban J connectivity index is 2.07. The molecule has 18 heavy (non-hydrogen) atoms. The molecular formula is C15H21NO2. The molecule has 98 valence electrons. The van der Waals surface area contributed by atoms with Crippen LogP contribution in [0.2, 0.25) is 0 Å². The van der Waals surface area contributed by atoms with Crippen molar-refractivity contribution < 1.29 is 9.90 Å². The first-order valence-electron chi connectivity index (χ1n) is 6.76. The van der Waals surface area contributed by atoms with Crippen LogP contribution in [0.25, 0.3) is 0 Å². The minimum Gasteiger partial charge on any atom is -0.478 e. The lowest BCUT2D eigenvalue weighted by Gasteiger charge is -2.24. The van der Waals surface area contributed by atoms with E-state index in [1.165, 1.54) is 32.1 Å². The Labute approximate surface area is 108 Å². The normalized spacial score (nSPS) is 24.3. The molecule has 0 radical (unpaired) electrons. The number of carboxylic acids is 1. The fourth-order valence-corrected chi connectivity index (χ4v) is 2.66. The van der Waals surface area contributed by atoms with Crippen molar-refractivity contribution >= 4 is 11.7 Å². The molecule has 0 heterocycles. The standard InChI is InChI=1S/C15H21NO2/c1-11-6-3-2-4-9-14(11)16-13-8-5-7-12(10-13)15(17)18/h5,7-8,10-11,14,16H,2-4,6,9H2,1H3,(H,17,18). The van der Waals surface area contributed by atoms with Gasteiger partial charge in [-0.15, -0.1) is 0 Å². The lowest BCUT2D eigenvalue weighted by molar-refractivity contribution is 0.0697. The second-order valence-electron chi connectivity index (χ2n) is 5.25. The molecule has 2 N–H and O–H groups in total. The first-order valence-corrected chi connectivity index (χ1v) is 6.76. The van der Waals surface area contributed by atoms with Gasteiger partial charge in [0.15, 0.2) is 0 Å². The maximum absolute atomic E-state index is 10.9. The molecule has 3 heteroatoms. The highest BCUT2D eigenvalue weighted by Gasteiger charge is 2.19. The summed E-state index contributed by atoms with van der Waals surface area (Å²) < 4.78 is 0. The summed E-state index contributed by atoms with van der Waals surface area (Å²) in [5, 5.41) is 12.5. The number of anilines is 1. The van der Waals surface area contributed by atoms with Gasteiger partial charge >= 0.3 is 5.97 Å². The number of aromatic carboxylic acids is 1. The second kappa shape index (κ2) is 5.89. The van der Waals surface area contributed by atoms with Gasteiger partial charge in [0, 0.05) is 11.7 Å². The molecule has 0 aliphatic heterocycles. The summed E-state index contributed by atoms with van der Waals surface area (Å²) in [5.41, 5.74) is 1.27. The quantitative estimate of drug-likeness (QED) is 0.799. The van der Waals surface area contributed by atoms with Crippen LogP contribution in [0.1, 0.15) is 49.4 Å². The Morgan fingerprint density at radius 1 is 1.28 bits per heavy atom. The molecule has 1 aliphatic rings. The van der Waals surface area contributed by atoms with Gasteiger partial charge in [-0.25, -0.2) is 4.79 Å². The largest absolute Gasteiger partial charge is 0.478 e. The van der Waals surface area contributed by atoms with E-state index in [1.807, 2.05) is 6.07 Å². The van der Waals surface area contributed by atoms with Gasteiger partial charge in [-0.2, -0.15) is 0 Å². The fourth-order valence-electron chi connectivity index (χ4n) is 2.66. The van der Waals surface area contributed by atoms with Crippen LogP contribution in [-0.4, -0.2) is 17.1 Å². The number of hydrogen-bond donors (Lipinski definition) is 2. The smallest absolute Gasteiger partial charge is 0.335 e. The van der Waals surface area contributed by atoms with Gasteiger partial charge in [0.25, 0.3) is 0 Å². The third kappa shape index (κ3) is 3.25. The third-order valence-corrected chi connectivity index (χ3v) is 3.82. The minimum absolute atomic E-state index is 0.348. The Morgan fingerprint density at radius 2 is 2.06 bits per heavy atom. The summed E-state index contributed by atoms with van der Waals surface area (Å²) in [5.74, 6) is -0.214. The monoisotopic (exact) mass is 247 g/mol. The Kier molecular flexibility index (Phi) is 4.24. The maximum atomic E-state index is 10.9. The lowest BCUT2D eigenvalue weighted by Crippen LogP contribution is -2.26. The average Bonchev–Trinajstić information content (AvgIpc) is 2.55. The van der Waals surface area contributed by atoms with E-state index in [-0.39, 0.29) is 0 Å². The molecule has 0 saturated heterocycles. The Bertz CT molecular complexity index is 417. The van der Waals surface area contributed by atoms with Crippen LogP contribution in [0, 0.1) is 5.92 Å². The van der Waals surface area contributed by atoms with Crippen LogP contribution in [0.4, 0.5) is 5.69 Å². The zero-order chi connectivity index (χ0) is 13.0. The maximum Gasteiger partial charge on any atom is 0.335 e. The average molecular weight is 247 g/mol. The van der Waals surface area contributed by atoms with Crippen molar-refractivity contribution in [3.63, 3.8) is 0 Å². The number of carbonyl (C=O) groups is 1. The Morgan fingerprint density at radius 3 is 2.83 bits per heavy atom. The summed E-state index contributed by atoms with van der Waals surface area (Å²) >= 11 is 0. The van der Waals surface area contributed by atoms with Crippen LogP contribution < -0.4 is 5.32 Å². The first kappa shape index (κ1) is 12.9. The number of rotatable bonds is 3. The summed E-state index contributed by atoms with van der Waals surface area (Å²) in [7, 11) is 0. The molecule has 2 atom stereocenters. The van der Waals surface area contributed by atoms with E-state index in [0.29, 0.717) is 17.5 Å². The number of carboxylic acid groups (broad SMARTS) is 1. The van der Waals surface area contributed by atoms with Gasteiger partial charge < -0.3 is 10.4 Å². The molecule has 1 saturated carbocycles. The number of hydrogen-bond acceptors (Lipinski definition) is 2. The molecule has 3 nitrogen and oxygen atoms in total. The minimum atomic E-state index is -0.868. The van der Waals surface area contributed by atoms with Crippen LogP contribution in [0.5, 0.6) is 0 Å². The highest BCUT2D eigenvalue weighted by molar-refractivity contribution is 5.88. The van der Waals surface area contributed by atoms with E-state index in [9.17, 15) is 4.79 Å². The van der Waals surface area contributed by atoms with Crippen molar-refractivity contribution in [2.24, 2.45) is 5.92 Å². The van der Waals surface area contributed by atoms with Crippen LogP contribution in [0.15, 0.2) is 24.3 Å². The summed E-state index contributed by atoms with van der Waals surface area (Å²) in [4.78, 5) is 10.9. The lowest BCUT2D eigenvalue weighted by atomic mass is 9.96. The van der Waals surface area contributed by atoms with Crippen LogP contribution in [0.3, 0.4) is 0 Å². The van der Waals surface area contributed by atoms with E-state index < -0.39 is 5.97 Å². The van der Waals surface area contributed by atoms with Crippen molar-refractivity contribution in [2.45, 2.75) is 45.1 Å². The van der Waals surface area contributed by atoms with E-state index in [4.69, 9.17) is 5.11 Å². The molecule has 2 unspecified atom stereocenters. The van der Waals surface area contributed by atoms with Gasteiger partial charge in [-0.1, -0.05) is 32.3 Å². The van der Waals surface area contributed by atoms with Gasteiger partial charge in [0.1, 0.15) is 0 Å². The van der Waals surface area contributed by atoms with Crippen molar-refractivity contribution in [3.8, 4) is 0 Å². The van der Waals surface area contributed by atoms with Crippen LogP contribution >= 0.6 is 0 Å². The molecule has 0 amide bonds. The zero-order valence-corrected chi connectivity index (χ0v) is 10.9. The van der Waals surface area contributed by atoms with E-state index in [0.717, 1.165) is 5.69 Å². The first-order chi connectivity index (χ1) is 8.66. The summed E-state index contributed by atoms with van der Waals surface area (Å²) in [6, 6.07) is 7.57. The highest BCUT2D eigenvalue weighted by Crippen LogP contribution is 2.26. The summed E-state index contributed by atoms with van der Waals surface area (Å²) in [6.07, 6.45) is 6.33. The van der Waals surface area contributed by atoms with Gasteiger partial charge in [0.2, 0.25) is 0 Å². The van der Waals surface area contributed by atoms with Gasteiger partial charge in [0.05, 0.1) is 5.56 Å². The molecular weight excluding hydrogens is 226 g/mol. The number of benzene rings is 1. The molecule has 0 bridgehead atoms.